The van der Waals surface area contributed by atoms with Gasteiger partial charge in [-0.3, -0.25) is 38.5 Å². The van der Waals surface area contributed by atoms with Gasteiger partial charge in [-0.15, -0.1) is 10.2 Å². The van der Waals surface area contributed by atoms with Gasteiger partial charge in [-0.2, -0.15) is 13.2 Å². The topological polar surface area (TPSA) is 139 Å². The van der Waals surface area contributed by atoms with Crippen LogP contribution in [0.4, 0.5) is 13.2 Å². The normalized spacial score (nSPS) is 21.5. The second-order valence-electron chi connectivity index (χ2n) is 18.8. The summed E-state index contributed by atoms with van der Waals surface area (Å²) in [7, 11) is 1.83. The van der Waals surface area contributed by atoms with E-state index in [1.165, 1.54) is 28.6 Å². The van der Waals surface area contributed by atoms with Crippen molar-refractivity contribution in [3.05, 3.63) is 141 Å². The van der Waals surface area contributed by atoms with Crippen LogP contribution < -0.4 is 11.0 Å². The molecule has 5 aromatic rings. The molecule has 67 heavy (non-hydrogen) atoms. The molecule has 0 saturated carbocycles. The van der Waals surface area contributed by atoms with Crippen LogP contribution in [0.2, 0.25) is 0 Å². The highest BCUT2D eigenvalue weighted by molar-refractivity contribution is 6.07. The number of piperidine rings is 3. The van der Waals surface area contributed by atoms with E-state index in [1.807, 2.05) is 19.2 Å². The summed E-state index contributed by atoms with van der Waals surface area (Å²) < 4.78 is 54.0. The number of alkyl halides is 3. The quantitative estimate of drug-likeness (QED) is 0.160. The zero-order chi connectivity index (χ0) is 46.4. The molecule has 2 atom stereocenters. The summed E-state index contributed by atoms with van der Waals surface area (Å²) in [5.74, 6) is 0.518. The number of benzene rings is 2. The maximum absolute atomic E-state index is 14.5. The number of halogens is 3. The molecule has 1 N–H and O–H groups in total. The number of hydrogen-bond acceptors (Lipinski definition) is 9. The molecule has 4 aliphatic heterocycles. The van der Waals surface area contributed by atoms with Gasteiger partial charge in [0.15, 0.2) is 0 Å². The molecule has 4 fully saturated rings. The Hall–Kier alpha value is -6.17. The van der Waals surface area contributed by atoms with Crippen molar-refractivity contribution in [1.29, 1.82) is 0 Å². The third-order valence-electron chi connectivity index (χ3n) is 14.3. The number of hydrogen-bond donors (Lipinski definition) is 1. The zero-order valence-corrected chi connectivity index (χ0v) is 37.5. The summed E-state index contributed by atoms with van der Waals surface area (Å²) in [5, 5.41) is 10.4. The predicted molar refractivity (Wildman–Crippen MR) is 242 cm³/mol. The number of pyridine rings is 1. The van der Waals surface area contributed by atoms with E-state index in [4.69, 9.17) is 4.74 Å². The maximum atomic E-state index is 14.5. The monoisotopic (exact) mass is 917 g/mol. The van der Waals surface area contributed by atoms with Crippen LogP contribution in [-0.2, 0) is 58.3 Å². The minimum atomic E-state index is -4.66. The van der Waals surface area contributed by atoms with E-state index >= 15 is 0 Å². The highest BCUT2D eigenvalue weighted by Gasteiger charge is 2.42. The number of imidazole rings is 1. The molecule has 7 heterocycles. The number of ether oxygens (including phenoxy) is 1. The summed E-state index contributed by atoms with van der Waals surface area (Å²) in [4.78, 5) is 57.3. The van der Waals surface area contributed by atoms with Crippen molar-refractivity contribution < 1.29 is 32.3 Å². The Kier molecular flexibility index (Phi) is 12.3. The van der Waals surface area contributed by atoms with E-state index in [-0.39, 0.29) is 48.3 Å². The van der Waals surface area contributed by atoms with Crippen molar-refractivity contribution in [2.45, 2.75) is 95.3 Å². The van der Waals surface area contributed by atoms with Crippen LogP contribution in [0, 0.1) is 5.92 Å². The van der Waals surface area contributed by atoms with Crippen molar-refractivity contribution in [1.82, 2.24) is 43.7 Å². The van der Waals surface area contributed by atoms with E-state index < -0.39 is 23.5 Å². The standard InChI is InChI=1S/C50H54F3N9O5/c1-57-31-54-56-45(57)24-35-3-2-4-39(22-35)60-29-44-42(50(51,52)53)23-36(27-62(44)49(60)66)26-58-17-15-40(16-18-58)67-30-34-7-5-32(6-8-34)21-33-13-19-59(20-14-33)38-9-10-41-37(25-38)28-61(48(41)65)43-11-12-46(63)55-47(43)64/h2-8,10,22-23,25,27,29,31,33,38,40,43H,9,11-21,24,26,28,30H2,1H3,(H,55,63,64). The number of nitrogens with one attached hydrogen (secondary N) is 1. The molecule has 17 heteroatoms. The Morgan fingerprint density at radius 2 is 1.64 bits per heavy atom. The minimum Gasteiger partial charge on any atom is -0.373 e. The molecule has 2 aromatic carbocycles. The average Bonchev–Trinajstić information content (AvgIpc) is 3.99. The molecule has 3 aromatic heterocycles. The first-order valence-electron chi connectivity index (χ1n) is 23.3. The third kappa shape index (κ3) is 9.54. The second kappa shape index (κ2) is 18.5. The van der Waals surface area contributed by atoms with E-state index in [9.17, 15) is 32.3 Å². The number of carbonyl (C=O) groups excluding carboxylic acids is 3. The summed E-state index contributed by atoms with van der Waals surface area (Å²) in [5.41, 5.74) is 4.21. The lowest BCUT2D eigenvalue weighted by molar-refractivity contribution is -0.142. The first kappa shape index (κ1) is 44.7. The van der Waals surface area contributed by atoms with Crippen LogP contribution in [0.15, 0.2) is 101 Å². The van der Waals surface area contributed by atoms with Gasteiger partial charge in [0, 0.05) is 70.1 Å². The molecule has 3 amide bonds. The van der Waals surface area contributed by atoms with Crippen molar-refractivity contribution in [3.8, 4) is 5.69 Å². The number of likely N-dealkylation sites (tertiary alicyclic amines) is 3. The van der Waals surface area contributed by atoms with Gasteiger partial charge in [0.1, 0.15) is 18.2 Å². The first-order valence-corrected chi connectivity index (χ1v) is 23.3. The van der Waals surface area contributed by atoms with Gasteiger partial charge >= 0.3 is 11.9 Å². The van der Waals surface area contributed by atoms with Gasteiger partial charge in [0.05, 0.1) is 29.5 Å². The van der Waals surface area contributed by atoms with Crippen molar-refractivity contribution in [2.75, 3.05) is 32.7 Å². The Morgan fingerprint density at radius 1 is 0.866 bits per heavy atom. The first-order chi connectivity index (χ1) is 32.3. The maximum Gasteiger partial charge on any atom is 0.418 e. The van der Waals surface area contributed by atoms with E-state index in [0.29, 0.717) is 61.8 Å². The van der Waals surface area contributed by atoms with Crippen LogP contribution in [0.5, 0.6) is 0 Å². The molecule has 0 radical (unpaired) electrons. The largest absolute Gasteiger partial charge is 0.418 e. The van der Waals surface area contributed by atoms with Crippen molar-refractivity contribution in [3.63, 3.8) is 0 Å². The van der Waals surface area contributed by atoms with Gasteiger partial charge in [-0.1, -0.05) is 48.6 Å². The van der Waals surface area contributed by atoms with Crippen LogP contribution in [-0.4, -0.2) is 107 Å². The fourth-order valence-electron chi connectivity index (χ4n) is 10.5. The molecule has 10 rings (SSSR count). The van der Waals surface area contributed by atoms with Gasteiger partial charge in [-0.25, -0.2) is 4.79 Å². The second-order valence-corrected chi connectivity index (χ2v) is 18.8. The molecule has 0 spiro atoms. The lowest BCUT2D eigenvalue weighted by Gasteiger charge is -2.37. The molecule has 1 aliphatic carbocycles. The molecule has 4 saturated heterocycles. The highest BCUT2D eigenvalue weighted by atomic mass is 19.4. The summed E-state index contributed by atoms with van der Waals surface area (Å²) in [6.45, 7) is 4.47. The Balaban J connectivity index is 0.686. The Labute approximate surface area is 385 Å². The van der Waals surface area contributed by atoms with Gasteiger partial charge < -0.3 is 14.2 Å². The Morgan fingerprint density at radius 3 is 2.37 bits per heavy atom. The van der Waals surface area contributed by atoms with Crippen molar-refractivity contribution >= 4 is 23.2 Å². The molecular weight excluding hydrogens is 864 g/mol. The third-order valence-corrected chi connectivity index (χ3v) is 14.3. The lowest BCUT2D eigenvalue weighted by Crippen LogP contribution is -2.52. The molecule has 0 bridgehead atoms. The minimum absolute atomic E-state index is 0.0377. The molecule has 5 aliphatic rings. The van der Waals surface area contributed by atoms with E-state index in [2.05, 4.69) is 55.7 Å². The number of fused-ring (bicyclic) bond motifs is 2. The smallest absolute Gasteiger partial charge is 0.373 e. The van der Waals surface area contributed by atoms with E-state index in [1.54, 1.807) is 34.0 Å². The van der Waals surface area contributed by atoms with Gasteiger partial charge in [-0.05, 0) is 110 Å². The highest BCUT2D eigenvalue weighted by Crippen LogP contribution is 2.36. The number of rotatable bonds is 12. The number of nitrogens with zero attached hydrogens (tertiary/aromatic N) is 8. The molecular formula is C50H54F3N9O5. The zero-order valence-electron chi connectivity index (χ0n) is 37.5. The average molecular weight is 918 g/mol. The van der Waals surface area contributed by atoms with Crippen molar-refractivity contribution in [2.24, 2.45) is 13.0 Å². The van der Waals surface area contributed by atoms with Crippen LogP contribution in [0.1, 0.15) is 78.6 Å². The lowest BCUT2D eigenvalue weighted by atomic mass is 9.88. The van der Waals surface area contributed by atoms with Gasteiger partial charge in [0.25, 0.3) is 5.91 Å². The Bertz CT molecular complexity index is 2810. The van der Waals surface area contributed by atoms with Crippen LogP contribution >= 0.6 is 0 Å². The molecule has 350 valence electrons. The fraction of sp³-hybridized carbons (Fsp3) is 0.440. The summed E-state index contributed by atoms with van der Waals surface area (Å²) in [6, 6.07) is 16.6. The molecule has 2 unspecified atom stereocenters. The predicted octanol–water partition coefficient (Wildman–Crippen LogP) is 5.54. The fourth-order valence-corrected chi connectivity index (χ4v) is 10.5. The number of aromatic nitrogens is 5. The van der Waals surface area contributed by atoms with Crippen LogP contribution in [0.25, 0.3) is 11.2 Å². The number of amides is 3. The molecule has 14 nitrogen and oxygen atoms in total. The summed E-state index contributed by atoms with van der Waals surface area (Å²) >= 11 is 0. The van der Waals surface area contributed by atoms with E-state index in [0.717, 1.165) is 78.5 Å². The number of carbonyl (C=O) groups is 3. The van der Waals surface area contributed by atoms with Crippen LogP contribution in [0.3, 0.4) is 0 Å². The summed E-state index contributed by atoms with van der Waals surface area (Å²) in [6.07, 6.45) is 10.6. The van der Waals surface area contributed by atoms with Gasteiger partial charge in [0.2, 0.25) is 11.8 Å². The SMILES string of the molecule is Cn1cnnc1Cc1cccc(-n2cc3c(C(F)(F)F)cc(CN4CCC(OCc5ccc(CC6CCN(C7C=C8CN(C9CCC(=O)NC9=O)C(=O)C8=CC7)CC6)cc5)CC4)cn3c2=O)c1. The number of imide groups is 1. The number of aryl methyl sites for hydroxylation is 1.